The molecule has 0 aromatic heterocycles. The highest BCUT2D eigenvalue weighted by molar-refractivity contribution is 5.81. The van der Waals surface area contributed by atoms with Gasteiger partial charge in [-0.05, 0) is 30.9 Å². The maximum Gasteiger partial charge on any atom is 0.227 e. The molecule has 2 heterocycles. The number of nitrogens with one attached hydrogen (secondary N) is 1. The van der Waals surface area contributed by atoms with E-state index < -0.39 is 0 Å². The van der Waals surface area contributed by atoms with E-state index in [9.17, 15) is 4.79 Å². The first-order valence-corrected chi connectivity index (χ1v) is 7.42. The number of amides is 1. The Kier molecular flexibility index (Phi) is 3.92. The summed E-state index contributed by atoms with van der Waals surface area (Å²) in [7, 11) is 1.94. The van der Waals surface area contributed by atoms with Crippen molar-refractivity contribution in [1.29, 1.82) is 0 Å². The van der Waals surface area contributed by atoms with Crippen molar-refractivity contribution in [3.05, 3.63) is 29.8 Å². The molecular weight excluding hydrogens is 252 g/mol. The summed E-state index contributed by atoms with van der Waals surface area (Å²) in [4.78, 5) is 14.6. The number of hydrogen-bond donors (Lipinski definition) is 1. The number of rotatable bonds is 2. The molecule has 4 nitrogen and oxygen atoms in total. The van der Waals surface area contributed by atoms with E-state index in [1.54, 1.807) is 0 Å². The Labute approximate surface area is 120 Å². The van der Waals surface area contributed by atoms with E-state index in [0.717, 1.165) is 39.0 Å². The molecule has 1 saturated heterocycles. The number of anilines is 1. The minimum atomic E-state index is 0.0535. The van der Waals surface area contributed by atoms with Crippen LogP contribution in [-0.2, 0) is 16.0 Å². The van der Waals surface area contributed by atoms with Crippen LogP contribution in [0.25, 0.3) is 0 Å². The minimum absolute atomic E-state index is 0.0535. The Balaban J connectivity index is 1.66. The third-order valence-corrected chi connectivity index (χ3v) is 4.46. The molecule has 0 bridgehead atoms. The first-order chi connectivity index (χ1) is 9.75. The number of carbonyl (C=O) groups excluding carboxylic acids is 1. The number of nitrogens with zero attached hydrogens (tertiary/aromatic N) is 1. The second-order valence-corrected chi connectivity index (χ2v) is 5.73. The predicted molar refractivity (Wildman–Crippen MR) is 78.7 cm³/mol. The molecule has 0 radical (unpaired) electrons. The molecule has 1 amide bonds. The number of ether oxygens (including phenoxy) is 1. The first-order valence-electron chi connectivity index (χ1n) is 7.42. The molecule has 2 aliphatic heterocycles. The van der Waals surface area contributed by atoms with Gasteiger partial charge in [-0.3, -0.25) is 4.79 Å². The highest BCUT2D eigenvalue weighted by Gasteiger charge is 2.30. The Hall–Kier alpha value is -1.55. The molecule has 2 aliphatic rings. The summed E-state index contributed by atoms with van der Waals surface area (Å²) >= 11 is 0. The lowest BCUT2D eigenvalue weighted by molar-refractivity contribution is -0.137. The lowest BCUT2D eigenvalue weighted by Crippen LogP contribution is -2.46. The molecule has 1 aromatic carbocycles. The van der Waals surface area contributed by atoms with Crippen molar-refractivity contribution in [3.63, 3.8) is 0 Å². The first kappa shape index (κ1) is 13.4. The summed E-state index contributed by atoms with van der Waals surface area (Å²) < 4.78 is 5.37. The van der Waals surface area contributed by atoms with E-state index in [0.29, 0.717) is 6.04 Å². The quantitative estimate of drug-likeness (QED) is 0.895. The zero-order chi connectivity index (χ0) is 13.9. The van der Waals surface area contributed by atoms with Crippen molar-refractivity contribution in [2.24, 2.45) is 5.92 Å². The monoisotopic (exact) mass is 274 g/mol. The molecule has 4 heteroatoms. The molecule has 108 valence electrons. The van der Waals surface area contributed by atoms with Crippen LogP contribution in [-0.4, -0.2) is 43.7 Å². The summed E-state index contributed by atoms with van der Waals surface area (Å²) in [6.07, 6.45) is 2.76. The molecule has 1 atom stereocenters. The molecule has 1 aromatic rings. The summed E-state index contributed by atoms with van der Waals surface area (Å²) in [5.41, 5.74) is 2.42. The minimum Gasteiger partial charge on any atom is -0.384 e. The Bertz CT molecular complexity index is 483. The smallest absolute Gasteiger partial charge is 0.227 e. The van der Waals surface area contributed by atoms with Gasteiger partial charge in [-0.15, -0.1) is 0 Å². The lowest BCUT2D eigenvalue weighted by Gasteiger charge is -2.35. The van der Waals surface area contributed by atoms with E-state index in [2.05, 4.69) is 17.4 Å². The predicted octanol–water partition coefficient (Wildman–Crippen LogP) is 1.91. The Morgan fingerprint density at radius 2 is 2.05 bits per heavy atom. The zero-order valence-corrected chi connectivity index (χ0v) is 12.0. The molecule has 1 fully saturated rings. The van der Waals surface area contributed by atoms with Gasteiger partial charge in [0.2, 0.25) is 5.91 Å². The number of fused-ring (bicyclic) bond motifs is 1. The summed E-state index contributed by atoms with van der Waals surface area (Å²) in [5, 5.41) is 3.38. The highest BCUT2D eigenvalue weighted by Crippen LogP contribution is 2.26. The molecule has 3 rings (SSSR count). The number of hydrogen-bond acceptors (Lipinski definition) is 3. The van der Waals surface area contributed by atoms with Crippen LogP contribution in [0.15, 0.2) is 24.3 Å². The largest absolute Gasteiger partial charge is 0.384 e. The van der Waals surface area contributed by atoms with Gasteiger partial charge in [0.15, 0.2) is 0 Å². The average molecular weight is 274 g/mol. The van der Waals surface area contributed by atoms with Gasteiger partial charge in [-0.25, -0.2) is 0 Å². The van der Waals surface area contributed by atoms with Gasteiger partial charge in [0.1, 0.15) is 0 Å². The molecule has 0 spiro atoms. The fourth-order valence-electron chi connectivity index (χ4n) is 3.16. The summed E-state index contributed by atoms with van der Waals surface area (Å²) in [6.45, 7) is 2.28. The van der Waals surface area contributed by atoms with Crippen LogP contribution in [0.5, 0.6) is 0 Å². The third kappa shape index (κ3) is 2.66. The van der Waals surface area contributed by atoms with E-state index in [1.807, 2.05) is 24.1 Å². The molecular formula is C16H22N2O2. The van der Waals surface area contributed by atoms with Crippen molar-refractivity contribution >= 4 is 11.6 Å². The van der Waals surface area contributed by atoms with Gasteiger partial charge < -0.3 is 15.0 Å². The summed E-state index contributed by atoms with van der Waals surface area (Å²) in [5.74, 6) is 0.316. The van der Waals surface area contributed by atoms with E-state index in [1.165, 1.54) is 11.3 Å². The normalized spacial score (nSPS) is 22.8. The maximum absolute atomic E-state index is 12.7. The zero-order valence-electron chi connectivity index (χ0n) is 12.0. The van der Waals surface area contributed by atoms with Gasteiger partial charge in [0.05, 0.1) is 5.92 Å². The summed E-state index contributed by atoms with van der Waals surface area (Å²) in [6, 6.07) is 8.60. The standard InChI is InChI=1S/C16H22N2O2/c1-18(14-6-8-20-9-7-14)16(19)13-10-12-4-2-3-5-15(12)17-11-13/h2-5,13-14,17H,6-11H2,1H3. The third-order valence-electron chi connectivity index (χ3n) is 4.46. The number of para-hydroxylation sites is 1. The van der Waals surface area contributed by atoms with Crippen LogP contribution in [0.2, 0.25) is 0 Å². The molecule has 20 heavy (non-hydrogen) atoms. The molecule has 0 saturated carbocycles. The van der Waals surface area contributed by atoms with Crippen molar-refractivity contribution in [2.75, 3.05) is 32.1 Å². The molecule has 1 N–H and O–H groups in total. The molecule has 0 aliphatic carbocycles. The van der Waals surface area contributed by atoms with Gasteiger partial charge in [0.25, 0.3) is 0 Å². The molecule has 1 unspecified atom stereocenters. The van der Waals surface area contributed by atoms with Crippen molar-refractivity contribution in [1.82, 2.24) is 4.90 Å². The Morgan fingerprint density at radius 1 is 1.30 bits per heavy atom. The van der Waals surface area contributed by atoms with Crippen molar-refractivity contribution in [2.45, 2.75) is 25.3 Å². The van der Waals surface area contributed by atoms with Gasteiger partial charge >= 0.3 is 0 Å². The van der Waals surface area contributed by atoms with Crippen LogP contribution in [0, 0.1) is 5.92 Å². The number of benzene rings is 1. The van der Waals surface area contributed by atoms with Gasteiger partial charge in [-0.2, -0.15) is 0 Å². The van der Waals surface area contributed by atoms with Crippen LogP contribution in [0.4, 0.5) is 5.69 Å². The van der Waals surface area contributed by atoms with E-state index in [4.69, 9.17) is 4.74 Å². The maximum atomic E-state index is 12.7. The van der Waals surface area contributed by atoms with E-state index in [-0.39, 0.29) is 11.8 Å². The van der Waals surface area contributed by atoms with Crippen LogP contribution in [0.1, 0.15) is 18.4 Å². The van der Waals surface area contributed by atoms with Crippen LogP contribution < -0.4 is 5.32 Å². The van der Waals surface area contributed by atoms with Crippen LogP contribution >= 0.6 is 0 Å². The topological polar surface area (TPSA) is 41.6 Å². The Morgan fingerprint density at radius 3 is 2.85 bits per heavy atom. The average Bonchev–Trinajstić information content (AvgIpc) is 2.54. The van der Waals surface area contributed by atoms with Gasteiger partial charge in [-0.1, -0.05) is 18.2 Å². The fourth-order valence-corrected chi connectivity index (χ4v) is 3.16. The van der Waals surface area contributed by atoms with E-state index >= 15 is 0 Å². The second kappa shape index (κ2) is 5.83. The lowest BCUT2D eigenvalue weighted by atomic mass is 9.92. The van der Waals surface area contributed by atoms with Gasteiger partial charge in [0, 0.05) is 38.5 Å². The van der Waals surface area contributed by atoms with Crippen molar-refractivity contribution in [3.8, 4) is 0 Å². The number of carbonyl (C=O) groups is 1. The van der Waals surface area contributed by atoms with Crippen molar-refractivity contribution < 1.29 is 9.53 Å². The highest BCUT2D eigenvalue weighted by atomic mass is 16.5. The van der Waals surface area contributed by atoms with Crippen LogP contribution in [0.3, 0.4) is 0 Å². The second-order valence-electron chi connectivity index (χ2n) is 5.73. The fraction of sp³-hybridized carbons (Fsp3) is 0.562. The SMILES string of the molecule is CN(C(=O)C1CNc2ccccc2C1)C1CCOCC1.